The van der Waals surface area contributed by atoms with Gasteiger partial charge in [-0.1, -0.05) is 48.5 Å². The maximum absolute atomic E-state index is 13.1. The van der Waals surface area contributed by atoms with E-state index in [4.69, 9.17) is 4.74 Å². The number of aromatic amines is 1. The van der Waals surface area contributed by atoms with Gasteiger partial charge in [0.15, 0.2) is 5.69 Å². The molecule has 1 amide bonds. The number of carbonyl (C=O) groups is 1. The smallest absolute Gasteiger partial charge is 0.331 e. The van der Waals surface area contributed by atoms with Crippen LogP contribution in [0.3, 0.4) is 0 Å². The summed E-state index contributed by atoms with van der Waals surface area (Å²) >= 11 is 0. The van der Waals surface area contributed by atoms with Crippen LogP contribution in [0.25, 0.3) is 0 Å². The van der Waals surface area contributed by atoms with Gasteiger partial charge in [0.2, 0.25) is 5.91 Å². The van der Waals surface area contributed by atoms with Crippen LogP contribution in [-0.2, 0) is 22.8 Å². The van der Waals surface area contributed by atoms with Gasteiger partial charge in [-0.3, -0.25) is 24.0 Å². The van der Waals surface area contributed by atoms with Crippen molar-refractivity contribution in [2.75, 3.05) is 23.0 Å². The normalized spacial score (nSPS) is 13.8. The van der Waals surface area contributed by atoms with Gasteiger partial charge in [0.25, 0.3) is 5.56 Å². The zero-order valence-electron chi connectivity index (χ0n) is 17.3. The molecule has 0 saturated carbocycles. The van der Waals surface area contributed by atoms with E-state index < -0.39 is 11.2 Å². The Morgan fingerprint density at radius 2 is 1.65 bits per heavy atom. The average molecular weight is 420 g/mol. The highest BCUT2D eigenvalue weighted by Crippen LogP contribution is 2.35. The Balaban J connectivity index is 1.95. The van der Waals surface area contributed by atoms with Crippen LogP contribution < -0.4 is 21.0 Å². The van der Waals surface area contributed by atoms with E-state index in [0.29, 0.717) is 19.0 Å². The molecule has 2 heterocycles. The Bertz CT molecular complexity index is 1170. The Kier molecular flexibility index (Phi) is 5.99. The van der Waals surface area contributed by atoms with Crippen molar-refractivity contribution in [3.63, 3.8) is 0 Å². The molecule has 0 atom stereocenters. The van der Waals surface area contributed by atoms with Crippen molar-refractivity contribution in [2.45, 2.75) is 26.6 Å². The fourth-order valence-corrected chi connectivity index (χ4v) is 3.73. The topological polar surface area (TPSA) is 87.6 Å². The lowest BCUT2D eigenvalue weighted by atomic mass is 10.2. The van der Waals surface area contributed by atoms with Crippen molar-refractivity contribution in [1.82, 2.24) is 9.55 Å². The van der Waals surface area contributed by atoms with E-state index in [0.717, 1.165) is 11.3 Å². The first kappa shape index (κ1) is 20.6. The second-order valence-electron chi connectivity index (χ2n) is 7.18. The van der Waals surface area contributed by atoms with Gasteiger partial charge in [0, 0.05) is 25.3 Å². The van der Waals surface area contributed by atoms with Crippen molar-refractivity contribution in [2.24, 2.45) is 0 Å². The molecule has 1 aliphatic rings. The van der Waals surface area contributed by atoms with Gasteiger partial charge in [-0.15, -0.1) is 0 Å². The Morgan fingerprint density at radius 3 is 2.32 bits per heavy atom. The number of ether oxygens (including phenoxy) is 1. The van der Waals surface area contributed by atoms with E-state index in [2.05, 4.69) is 4.98 Å². The molecule has 0 fully saturated rings. The lowest BCUT2D eigenvalue weighted by Gasteiger charge is -2.28. The zero-order chi connectivity index (χ0) is 21.8. The SMILES string of the molecule is CCOCn1c2c(c(=O)[nH]c1=O)N(Cc1ccccc1)C(=O)CCN2c1ccccc1. The molecule has 0 aliphatic carbocycles. The van der Waals surface area contributed by atoms with E-state index in [1.54, 1.807) is 0 Å². The minimum absolute atomic E-state index is 0.0366. The number of hydrogen-bond acceptors (Lipinski definition) is 5. The summed E-state index contributed by atoms with van der Waals surface area (Å²) in [6.45, 7) is 2.75. The van der Waals surface area contributed by atoms with Gasteiger partial charge in [-0.25, -0.2) is 4.79 Å². The van der Waals surface area contributed by atoms with Gasteiger partial charge in [-0.05, 0) is 24.6 Å². The lowest BCUT2D eigenvalue weighted by Crippen LogP contribution is -2.40. The molecule has 0 radical (unpaired) electrons. The molecule has 3 aromatic rings. The number of rotatable bonds is 6. The van der Waals surface area contributed by atoms with E-state index in [1.165, 1.54) is 9.47 Å². The summed E-state index contributed by atoms with van der Waals surface area (Å²) in [7, 11) is 0. The van der Waals surface area contributed by atoms with Crippen LogP contribution in [0.1, 0.15) is 18.9 Å². The fraction of sp³-hybridized carbons (Fsp3) is 0.261. The molecule has 8 nitrogen and oxygen atoms in total. The van der Waals surface area contributed by atoms with Gasteiger partial charge in [-0.2, -0.15) is 0 Å². The zero-order valence-corrected chi connectivity index (χ0v) is 17.3. The molecule has 0 spiro atoms. The third kappa shape index (κ3) is 4.15. The predicted molar refractivity (Wildman–Crippen MR) is 119 cm³/mol. The number of para-hydroxylation sites is 1. The summed E-state index contributed by atoms with van der Waals surface area (Å²) in [5, 5.41) is 0. The molecule has 1 aromatic heterocycles. The summed E-state index contributed by atoms with van der Waals surface area (Å²) in [5.41, 5.74) is 0.645. The van der Waals surface area contributed by atoms with Crippen LogP contribution in [0.5, 0.6) is 0 Å². The third-order valence-electron chi connectivity index (χ3n) is 5.20. The third-order valence-corrected chi connectivity index (χ3v) is 5.20. The summed E-state index contributed by atoms with van der Waals surface area (Å²) in [6, 6.07) is 18.9. The minimum atomic E-state index is -0.597. The van der Waals surface area contributed by atoms with Crippen molar-refractivity contribution in [3.8, 4) is 0 Å². The summed E-state index contributed by atoms with van der Waals surface area (Å²) in [4.78, 5) is 44.6. The van der Waals surface area contributed by atoms with Gasteiger partial charge in [0.05, 0.1) is 6.54 Å². The average Bonchev–Trinajstić information content (AvgIpc) is 2.92. The predicted octanol–water partition coefficient (Wildman–Crippen LogP) is 2.61. The van der Waals surface area contributed by atoms with Crippen LogP contribution >= 0.6 is 0 Å². The van der Waals surface area contributed by atoms with Crippen molar-refractivity contribution in [1.29, 1.82) is 0 Å². The number of aromatic nitrogens is 2. The quantitative estimate of drug-likeness (QED) is 0.662. The molecule has 31 heavy (non-hydrogen) atoms. The van der Waals surface area contributed by atoms with Crippen LogP contribution in [-0.4, -0.2) is 28.6 Å². The number of nitrogens with zero attached hydrogens (tertiary/aromatic N) is 3. The monoisotopic (exact) mass is 420 g/mol. The van der Waals surface area contributed by atoms with E-state index in [1.807, 2.05) is 72.5 Å². The molecule has 8 heteroatoms. The number of fused-ring (bicyclic) bond motifs is 1. The maximum atomic E-state index is 13.1. The van der Waals surface area contributed by atoms with E-state index in [9.17, 15) is 14.4 Å². The number of benzene rings is 2. The Morgan fingerprint density at radius 1 is 0.968 bits per heavy atom. The molecule has 0 bridgehead atoms. The molecule has 2 aromatic carbocycles. The van der Waals surface area contributed by atoms with Gasteiger partial charge in [0.1, 0.15) is 12.5 Å². The first-order valence-corrected chi connectivity index (χ1v) is 10.2. The van der Waals surface area contributed by atoms with Gasteiger partial charge >= 0.3 is 5.69 Å². The highest BCUT2D eigenvalue weighted by molar-refractivity contribution is 5.98. The lowest BCUT2D eigenvalue weighted by molar-refractivity contribution is -0.118. The highest BCUT2D eigenvalue weighted by Gasteiger charge is 2.32. The van der Waals surface area contributed by atoms with Gasteiger partial charge < -0.3 is 9.64 Å². The molecule has 1 N–H and O–H groups in total. The molecule has 1 aliphatic heterocycles. The number of amides is 1. The molecular weight excluding hydrogens is 396 g/mol. The first-order chi connectivity index (χ1) is 15.1. The van der Waals surface area contributed by atoms with Crippen molar-refractivity contribution >= 4 is 23.1 Å². The molecule has 4 rings (SSSR count). The second-order valence-corrected chi connectivity index (χ2v) is 7.18. The standard InChI is InChI=1S/C23H24N4O4/c1-2-31-16-27-22-20(21(29)24-23(27)30)26(15-17-9-5-3-6-10-17)19(28)13-14-25(22)18-11-7-4-8-12-18/h3-12H,2,13-16H2,1H3,(H,24,29,30). The fourth-order valence-electron chi connectivity index (χ4n) is 3.73. The largest absolute Gasteiger partial charge is 0.361 e. The van der Waals surface area contributed by atoms with Crippen LogP contribution in [0.15, 0.2) is 70.3 Å². The number of anilines is 3. The van der Waals surface area contributed by atoms with E-state index in [-0.39, 0.29) is 31.3 Å². The van der Waals surface area contributed by atoms with Crippen molar-refractivity contribution < 1.29 is 9.53 Å². The Hall–Kier alpha value is -3.65. The highest BCUT2D eigenvalue weighted by atomic mass is 16.5. The van der Waals surface area contributed by atoms with Crippen molar-refractivity contribution in [3.05, 3.63) is 87.1 Å². The summed E-state index contributed by atoms with van der Waals surface area (Å²) in [5.74, 6) is 0.172. The maximum Gasteiger partial charge on any atom is 0.331 e. The number of carbonyl (C=O) groups excluding carboxylic acids is 1. The van der Waals surface area contributed by atoms with E-state index >= 15 is 0 Å². The Labute approximate surface area is 179 Å². The van der Waals surface area contributed by atoms with Crippen LogP contribution in [0.2, 0.25) is 0 Å². The number of H-pyrrole nitrogens is 1. The minimum Gasteiger partial charge on any atom is -0.361 e. The first-order valence-electron chi connectivity index (χ1n) is 10.2. The number of hydrogen-bond donors (Lipinski definition) is 1. The van der Waals surface area contributed by atoms with Crippen LogP contribution in [0.4, 0.5) is 17.2 Å². The number of nitrogens with one attached hydrogen (secondary N) is 1. The van der Waals surface area contributed by atoms with Crippen LogP contribution in [0, 0.1) is 0 Å². The molecular formula is C23H24N4O4. The summed E-state index contributed by atoms with van der Waals surface area (Å²) < 4.78 is 6.90. The molecule has 0 unspecified atom stereocenters. The molecule has 0 saturated heterocycles. The molecule has 160 valence electrons. The second kappa shape index (κ2) is 9.01. The summed E-state index contributed by atoms with van der Waals surface area (Å²) in [6.07, 6.45) is 0.193.